The van der Waals surface area contributed by atoms with Gasteiger partial charge in [-0.05, 0) is 56.2 Å². The molecule has 0 atom stereocenters. The van der Waals surface area contributed by atoms with E-state index in [0.717, 1.165) is 5.56 Å². The maximum Gasteiger partial charge on any atom is 0.335 e. The molecule has 0 aliphatic rings. The van der Waals surface area contributed by atoms with E-state index in [1.165, 1.54) is 0 Å². The van der Waals surface area contributed by atoms with E-state index < -0.39 is 5.97 Å². The van der Waals surface area contributed by atoms with Crippen molar-refractivity contribution in [1.82, 2.24) is 5.32 Å². The predicted octanol–water partition coefficient (Wildman–Crippen LogP) is 3.15. The van der Waals surface area contributed by atoms with Crippen molar-refractivity contribution in [1.29, 1.82) is 0 Å². The number of ether oxygens (including phenoxy) is 2. The Labute approximate surface area is 152 Å². The second kappa shape index (κ2) is 9.46. The Kier molecular flexibility index (Phi) is 7.02. The predicted molar refractivity (Wildman–Crippen MR) is 98.2 cm³/mol. The van der Waals surface area contributed by atoms with Gasteiger partial charge >= 0.3 is 5.97 Å². The van der Waals surface area contributed by atoms with Gasteiger partial charge in [0.1, 0.15) is 0 Å². The van der Waals surface area contributed by atoms with Crippen LogP contribution in [0.25, 0.3) is 0 Å². The molecule has 0 heterocycles. The lowest BCUT2D eigenvalue weighted by Gasteiger charge is -2.12. The van der Waals surface area contributed by atoms with Crippen LogP contribution >= 0.6 is 0 Å². The monoisotopic (exact) mass is 357 g/mol. The highest BCUT2D eigenvalue weighted by Gasteiger charge is 2.11. The summed E-state index contributed by atoms with van der Waals surface area (Å²) in [5.41, 5.74) is 1.70. The van der Waals surface area contributed by atoms with Crippen molar-refractivity contribution in [3.63, 3.8) is 0 Å². The third kappa shape index (κ3) is 5.24. The number of carbonyl (C=O) groups is 2. The van der Waals surface area contributed by atoms with Crippen LogP contribution in [0.5, 0.6) is 11.5 Å². The van der Waals surface area contributed by atoms with Gasteiger partial charge in [-0.25, -0.2) is 4.79 Å². The molecule has 2 N–H and O–H groups in total. The summed E-state index contributed by atoms with van der Waals surface area (Å²) < 4.78 is 11.0. The van der Waals surface area contributed by atoms with Gasteiger partial charge in [-0.2, -0.15) is 0 Å². The van der Waals surface area contributed by atoms with Gasteiger partial charge in [0.15, 0.2) is 11.5 Å². The third-order valence-corrected chi connectivity index (χ3v) is 3.71. The molecule has 138 valence electrons. The number of amides is 1. The molecule has 1 amide bonds. The number of benzene rings is 2. The SMILES string of the molecule is CCOc1ccc(C(=O)NCCc2ccc(C(=O)O)cc2)cc1OCC. The van der Waals surface area contributed by atoms with Crippen molar-refractivity contribution in [3.8, 4) is 11.5 Å². The van der Waals surface area contributed by atoms with Gasteiger partial charge in [0.05, 0.1) is 18.8 Å². The van der Waals surface area contributed by atoms with Gasteiger partial charge in [-0.15, -0.1) is 0 Å². The van der Waals surface area contributed by atoms with E-state index in [2.05, 4.69) is 5.32 Å². The molecule has 2 aromatic carbocycles. The second-order valence-electron chi connectivity index (χ2n) is 5.54. The molecule has 2 aromatic rings. The van der Waals surface area contributed by atoms with Crippen LogP contribution in [0.1, 0.15) is 40.1 Å². The molecular weight excluding hydrogens is 334 g/mol. The number of hydrogen-bond acceptors (Lipinski definition) is 4. The number of carboxylic acids is 1. The summed E-state index contributed by atoms with van der Waals surface area (Å²) in [6.45, 7) is 5.21. The Bertz CT molecular complexity index is 755. The fraction of sp³-hybridized carbons (Fsp3) is 0.300. The summed E-state index contributed by atoms with van der Waals surface area (Å²) in [7, 11) is 0. The summed E-state index contributed by atoms with van der Waals surface area (Å²) in [4.78, 5) is 23.2. The molecule has 0 fully saturated rings. The van der Waals surface area contributed by atoms with Crippen molar-refractivity contribution in [2.24, 2.45) is 0 Å². The van der Waals surface area contributed by atoms with Gasteiger partial charge in [-0.1, -0.05) is 12.1 Å². The second-order valence-corrected chi connectivity index (χ2v) is 5.54. The van der Waals surface area contributed by atoms with Crippen LogP contribution < -0.4 is 14.8 Å². The highest BCUT2D eigenvalue weighted by molar-refractivity contribution is 5.94. The number of aromatic carboxylic acids is 1. The van der Waals surface area contributed by atoms with Gasteiger partial charge < -0.3 is 19.9 Å². The van der Waals surface area contributed by atoms with E-state index in [1.54, 1.807) is 42.5 Å². The average Bonchev–Trinajstić information content (AvgIpc) is 2.64. The Morgan fingerprint density at radius 3 is 2.15 bits per heavy atom. The summed E-state index contributed by atoms with van der Waals surface area (Å²) in [5.74, 6) is 0.0114. The molecule has 0 radical (unpaired) electrons. The quantitative estimate of drug-likeness (QED) is 0.720. The first kappa shape index (κ1) is 19.3. The van der Waals surface area contributed by atoms with E-state index in [0.29, 0.717) is 43.2 Å². The molecule has 2 rings (SSSR count). The van der Waals surface area contributed by atoms with E-state index in [-0.39, 0.29) is 11.5 Å². The average molecular weight is 357 g/mol. The normalized spacial score (nSPS) is 10.2. The summed E-state index contributed by atoms with van der Waals surface area (Å²) in [6, 6.07) is 11.7. The smallest absolute Gasteiger partial charge is 0.335 e. The molecule has 0 spiro atoms. The van der Waals surface area contributed by atoms with Crippen LogP contribution in [-0.4, -0.2) is 36.7 Å². The first-order valence-corrected chi connectivity index (χ1v) is 8.55. The van der Waals surface area contributed by atoms with Gasteiger partial charge in [0, 0.05) is 12.1 Å². The molecule has 6 nitrogen and oxygen atoms in total. The minimum Gasteiger partial charge on any atom is -0.490 e. The Morgan fingerprint density at radius 2 is 1.54 bits per heavy atom. The summed E-state index contributed by atoms with van der Waals surface area (Å²) >= 11 is 0. The van der Waals surface area contributed by atoms with Crippen molar-refractivity contribution < 1.29 is 24.2 Å². The lowest BCUT2D eigenvalue weighted by Crippen LogP contribution is -2.25. The zero-order valence-corrected chi connectivity index (χ0v) is 15.0. The number of carboxylic acid groups (broad SMARTS) is 1. The molecule has 0 bridgehead atoms. The number of hydrogen-bond donors (Lipinski definition) is 2. The van der Waals surface area contributed by atoms with Crippen LogP contribution in [0.4, 0.5) is 0 Å². The molecule has 26 heavy (non-hydrogen) atoms. The Balaban J connectivity index is 1.94. The maximum atomic E-state index is 12.3. The topological polar surface area (TPSA) is 84.9 Å². The van der Waals surface area contributed by atoms with E-state index in [4.69, 9.17) is 14.6 Å². The molecule has 0 aromatic heterocycles. The zero-order chi connectivity index (χ0) is 18.9. The van der Waals surface area contributed by atoms with Crippen LogP contribution in [-0.2, 0) is 6.42 Å². The zero-order valence-electron chi connectivity index (χ0n) is 15.0. The number of rotatable bonds is 9. The van der Waals surface area contributed by atoms with Crippen molar-refractivity contribution >= 4 is 11.9 Å². The lowest BCUT2D eigenvalue weighted by atomic mass is 10.1. The van der Waals surface area contributed by atoms with E-state index in [1.807, 2.05) is 13.8 Å². The maximum absolute atomic E-state index is 12.3. The van der Waals surface area contributed by atoms with Gasteiger partial charge in [0.2, 0.25) is 0 Å². The van der Waals surface area contributed by atoms with Crippen LogP contribution in [0.3, 0.4) is 0 Å². The third-order valence-electron chi connectivity index (χ3n) is 3.71. The standard InChI is InChI=1S/C20H23NO5/c1-3-25-17-10-9-16(13-18(17)26-4-2)19(22)21-12-11-14-5-7-15(8-6-14)20(23)24/h5-10,13H,3-4,11-12H2,1-2H3,(H,21,22)(H,23,24). The minimum absolute atomic E-state index is 0.198. The summed E-state index contributed by atoms with van der Waals surface area (Å²) in [6.07, 6.45) is 0.612. The number of nitrogens with one attached hydrogen (secondary N) is 1. The molecule has 0 unspecified atom stereocenters. The first-order chi connectivity index (χ1) is 12.5. The fourth-order valence-corrected chi connectivity index (χ4v) is 2.43. The molecule has 6 heteroatoms. The van der Waals surface area contributed by atoms with Gasteiger partial charge in [-0.3, -0.25) is 4.79 Å². The Hall–Kier alpha value is -3.02. The van der Waals surface area contributed by atoms with Crippen LogP contribution in [0, 0.1) is 0 Å². The van der Waals surface area contributed by atoms with Crippen molar-refractivity contribution in [3.05, 3.63) is 59.2 Å². The molecular formula is C20H23NO5. The van der Waals surface area contributed by atoms with E-state index >= 15 is 0 Å². The molecule has 0 saturated heterocycles. The highest BCUT2D eigenvalue weighted by atomic mass is 16.5. The van der Waals surface area contributed by atoms with E-state index in [9.17, 15) is 9.59 Å². The van der Waals surface area contributed by atoms with Crippen molar-refractivity contribution in [2.45, 2.75) is 20.3 Å². The van der Waals surface area contributed by atoms with Crippen LogP contribution in [0.15, 0.2) is 42.5 Å². The summed E-state index contributed by atoms with van der Waals surface area (Å²) in [5, 5.41) is 11.7. The van der Waals surface area contributed by atoms with Crippen LogP contribution in [0.2, 0.25) is 0 Å². The Morgan fingerprint density at radius 1 is 0.923 bits per heavy atom. The lowest BCUT2D eigenvalue weighted by molar-refractivity contribution is 0.0696. The molecule has 0 aliphatic carbocycles. The highest BCUT2D eigenvalue weighted by Crippen LogP contribution is 2.28. The largest absolute Gasteiger partial charge is 0.490 e. The van der Waals surface area contributed by atoms with Crippen molar-refractivity contribution in [2.75, 3.05) is 19.8 Å². The molecule has 0 saturated carbocycles. The molecule has 0 aliphatic heterocycles. The first-order valence-electron chi connectivity index (χ1n) is 8.55. The minimum atomic E-state index is -0.953. The van der Waals surface area contributed by atoms with Gasteiger partial charge in [0.25, 0.3) is 5.91 Å². The number of carbonyl (C=O) groups excluding carboxylic acids is 1. The fourth-order valence-electron chi connectivity index (χ4n) is 2.43.